The summed E-state index contributed by atoms with van der Waals surface area (Å²) in [5.74, 6) is -0.233. The Morgan fingerprint density at radius 3 is 2.56 bits per heavy atom. The molecule has 2 aromatic carbocycles. The first kappa shape index (κ1) is 17.4. The van der Waals surface area contributed by atoms with Crippen molar-refractivity contribution in [2.24, 2.45) is 0 Å². The van der Waals surface area contributed by atoms with Gasteiger partial charge >= 0.3 is 0 Å². The Bertz CT molecular complexity index is 897. The third-order valence-corrected chi connectivity index (χ3v) is 3.83. The van der Waals surface area contributed by atoms with Gasteiger partial charge in [-0.15, -0.1) is 0 Å². The quantitative estimate of drug-likeness (QED) is 0.694. The van der Waals surface area contributed by atoms with Gasteiger partial charge in [-0.25, -0.2) is 4.39 Å². The summed E-state index contributed by atoms with van der Waals surface area (Å²) in [6.07, 6.45) is 0.311. The number of carbonyl (C=O) groups is 1. The van der Waals surface area contributed by atoms with Gasteiger partial charge in [0, 0.05) is 28.5 Å². The van der Waals surface area contributed by atoms with Crippen LogP contribution in [-0.4, -0.2) is 16.0 Å². The zero-order chi connectivity index (χ0) is 17.8. The lowest BCUT2D eigenvalue weighted by atomic mass is 10.2. The van der Waals surface area contributed by atoms with Crippen molar-refractivity contribution in [3.8, 4) is 11.4 Å². The number of halogens is 3. The molecule has 8 heteroatoms. The van der Waals surface area contributed by atoms with Crippen LogP contribution in [0.4, 0.5) is 10.1 Å². The zero-order valence-corrected chi connectivity index (χ0v) is 14.3. The molecule has 0 radical (unpaired) electrons. The van der Waals surface area contributed by atoms with Crippen molar-refractivity contribution in [1.29, 1.82) is 0 Å². The number of carbonyl (C=O) groups excluding carboxylic acids is 1. The predicted octanol–water partition coefficient (Wildman–Crippen LogP) is 4.75. The largest absolute Gasteiger partial charge is 0.339 e. The van der Waals surface area contributed by atoms with Crippen LogP contribution in [0.1, 0.15) is 12.3 Å². The van der Waals surface area contributed by atoms with Crippen LogP contribution in [0.3, 0.4) is 0 Å². The Morgan fingerprint density at radius 2 is 1.84 bits per heavy atom. The van der Waals surface area contributed by atoms with Crippen LogP contribution < -0.4 is 5.32 Å². The van der Waals surface area contributed by atoms with Gasteiger partial charge in [0.25, 0.3) is 0 Å². The lowest BCUT2D eigenvalue weighted by molar-refractivity contribution is -0.116. The molecular formula is C17H12Cl2FN3O2. The van der Waals surface area contributed by atoms with Crippen molar-refractivity contribution in [2.75, 3.05) is 5.32 Å². The van der Waals surface area contributed by atoms with Crippen LogP contribution in [0.15, 0.2) is 47.0 Å². The third kappa shape index (κ3) is 4.55. The molecule has 0 bridgehead atoms. The SMILES string of the molecule is O=C(CCc1nc(-c2ccc(Cl)cc2)no1)Nc1ccc(Cl)cc1F. The molecule has 1 heterocycles. The summed E-state index contributed by atoms with van der Waals surface area (Å²) in [6.45, 7) is 0. The molecule has 0 atom stereocenters. The molecule has 128 valence electrons. The Balaban J connectivity index is 1.58. The zero-order valence-electron chi connectivity index (χ0n) is 12.8. The number of anilines is 1. The number of hydrogen-bond acceptors (Lipinski definition) is 4. The molecule has 3 aromatic rings. The Hall–Kier alpha value is -2.44. The Kier molecular flexibility index (Phi) is 5.31. The van der Waals surface area contributed by atoms with E-state index < -0.39 is 5.82 Å². The third-order valence-electron chi connectivity index (χ3n) is 3.34. The minimum absolute atomic E-state index is 0.0711. The van der Waals surface area contributed by atoms with Gasteiger partial charge in [-0.1, -0.05) is 28.4 Å². The van der Waals surface area contributed by atoms with E-state index in [-0.39, 0.29) is 29.5 Å². The number of rotatable bonds is 5. The molecule has 1 N–H and O–H groups in total. The second-order valence-electron chi connectivity index (χ2n) is 5.19. The van der Waals surface area contributed by atoms with E-state index in [1.165, 1.54) is 12.1 Å². The van der Waals surface area contributed by atoms with E-state index >= 15 is 0 Å². The fraction of sp³-hybridized carbons (Fsp3) is 0.118. The molecule has 5 nitrogen and oxygen atoms in total. The van der Waals surface area contributed by atoms with Crippen LogP contribution in [0.5, 0.6) is 0 Å². The Morgan fingerprint density at radius 1 is 1.12 bits per heavy atom. The van der Waals surface area contributed by atoms with E-state index in [0.29, 0.717) is 16.7 Å². The van der Waals surface area contributed by atoms with Crippen LogP contribution in [0.25, 0.3) is 11.4 Å². The van der Waals surface area contributed by atoms with E-state index in [1.54, 1.807) is 24.3 Å². The van der Waals surface area contributed by atoms with Crippen LogP contribution in [0.2, 0.25) is 10.0 Å². The molecular weight excluding hydrogens is 368 g/mol. The standard InChI is InChI=1S/C17H12Cl2FN3O2/c18-11-3-1-10(2-4-11)17-22-16(25-23-17)8-7-15(24)21-14-6-5-12(19)9-13(14)20/h1-6,9H,7-8H2,(H,21,24). The minimum Gasteiger partial charge on any atom is -0.339 e. The van der Waals surface area contributed by atoms with Crippen LogP contribution >= 0.6 is 23.2 Å². The molecule has 0 fully saturated rings. The molecule has 0 unspecified atom stereocenters. The number of hydrogen-bond donors (Lipinski definition) is 1. The van der Waals surface area contributed by atoms with E-state index in [9.17, 15) is 9.18 Å². The fourth-order valence-corrected chi connectivity index (χ4v) is 2.38. The van der Waals surface area contributed by atoms with Gasteiger partial charge < -0.3 is 9.84 Å². The van der Waals surface area contributed by atoms with Gasteiger partial charge in [-0.2, -0.15) is 4.98 Å². The van der Waals surface area contributed by atoms with Gasteiger partial charge in [0.05, 0.1) is 5.69 Å². The number of amides is 1. The highest BCUT2D eigenvalue weighted by molar-refractivity contribution is 6.30. The molecule has 0 aliphatic rings. The van der Waals surface area contributed by atoms with Gasteiger partial charge in [0.1, 0.15) is 5.82 Å². The van der Waals surface area contributed by atoms with Crippen molar-refractivity contribution in [3.05, 3.63) is 64.2 Å². The van der Waals surface area contributed by atoms with Gasteiger partial charge in [-0.05, 0) is 42.5 Å². The topological polar surface area (TPSA) is 68.0 Å². The summed E-state index contributed by atoms with van der Waals surface area (Å²) in [4.78, 5) is 16.1. The van der Waals surface area contributed by atoms with Crippen molar-refractivity contribution >= 4 is 34.8 Å². The highest BCUT2D eigenvalue weighted by atomic mass is 35.5. The lowest BCUT2D eigenvalue weighted by Crippen LogP contribution is -2.13. The summed E-state index contributed by atoms with van der Waals surface area (Å²) in [5, 5.41) is 7.21. The first-order valence-electron chi connectivity index (χ1n) is 7.35. The number of nitrogens with zero attached hydrogens (tertiary/aromatic N) is 2. The summed E-state index contributed by atoms with van der Waals surface area (Å²) in [5.41, 5.74) is 0.828. The maximum atomic E-state index is 13.6. The van der Waals surface area contributed by atoms with E-state index in [1.807, 2.05) is 0 Å². The second kappa shape index (κ2) is 7.63. The predicted molar refractivity (Wildman–Crippen MR) is 93.1 cm³/mol. The number of nitrogens with one attached hydrogen (secondary N) is 1. The molecule has 0 spiro atoms. The Labute approximate surface area is 152 Å². The smallest absolute Gasteiger partial charge is 0.227 e. The summed E-state index contributed by atoms with van der Waals surface area (Å²) in [6, 6.07) is 11.0. The second-order valence-corrected chi connectivity index (χ2v) is 6.06. The molecule has 3 rings (SSSR count). The lowest BCUT2D eigenvalue weighted by Gasteiger charge is -2.05. The highest BCUT2D eigenvalue weighted by Crippen LogP contribution is 2.20. The molecule has 0 saturated carbocycles. The van der Waals surface area contributed by atoms with Crippen molar-refractivity contribution < 1.29 is 13.7 Å². The van der Waals surface area contributed by atoms with Crippen LogP contribution in [0, 0.1) is 5.82 Å². The molecule has 0 aliphatic heterocycles. The van der Waals surface area contributed by atoms with Gasteiger partial charge in [-0.3, -0.25) is 4.79 Å². The van der Waals surface area contributed by atoms with Gasteiger partial charge in [0.15, 0.2) is 0 Å². The maximum absolute atomic E-state index is 13.6. The first-order chi connectivity index (χ1) is 12.0. The van der Waals surface area contributed by atoms with E-state index in [2.05, 4.69) is 15.5 Å². The first-order valence-corrected chi connectivity index (χ1v) is 8.10. The molecule has 0 saturated heterocycles. The molecule has 1 amide bonds. The highest BCUT2D eigenvalue weighted by Gasteiger charge is 2.12. The van der Waals surface area contributed by atoms with E-state index in [0.717, 1.165) is 11.6 Å². The number of benzene rings is 2. The monoisotopic (exact) mass is 379 g/mol. The van der Waals surface area contributed by atoms with Crippen LogP contribution in [-0.2, 0) is 11.2 Å². The average molecular weight is 380 g/mol. The molecule has 0 aliphatic carbocycles. The summed E-state index contributed by atoms with van der Waals surface area (Å²) in [7, 11) is 0. The fourth-order valence-electron chi connectivity index (χ4n) is 2.10. The average Bonchev–Trinajstić information content (AvgIpc) is 3.05. The normalized spacial score (nSPS) is 10.7. The van der Waals surface area contributed by atoms with E-state index in [4.69, 9.17) is 27.7 Å². The summed E-state index contributed by atoms with van der Waals surface area (Å²) >= 11 is 11.5. The molecule has 1 aromatic heterocycles. The number of aromatic nitrogens is 2. The maximum Gasteiger partial charge on any atom is 0.227 e. The van der Waals surface area contributed by atoms with Crippen molar-refractivity contribution in [3.63, 3.8) is 0 Å². The molecule has 25 heavy (non-hydrogen) atoms. The van der Waals surface area contributed by atoms with Crippen molar-refractivity contribution in [2.45, 2.75) is 12.8 Å². The van der Waals surface area contributed by atoms with Crippen molar-refractivity contribution in [1.82, 2.24) is 10.1 Å². The summed E-state index contributed by atoms with van der Waals surface area (Å²) < 4.78 is 18.8. The number of aryl methyl sites for hydroxylation is 1. The van der Waals surface area contributed by atoms with Gasteiger partial charge in [0.2, 0.25) is 17.6 Å². The minimum atomic E-state index is -0.594.